The van der Waals surface area contributed by atoms with Gasteiger partial charge in [0.2, 0.25) is 17.6 Å². The Morgan fingerprint density at radius 1 is 0.298 bits per heavy atom. The SMILES string of the molecule is [B]P(I)c1cc(O)n(CCNCCN(CCNCCn2c(O)cc(B(P)I)c2O)Cc2cc(C(C)(C)c3ccc(O)c(CN(CCNCCn4c(O)cc(P([B])I)c4O)CCN(CCn4c(O)cc(B(P)I)c4O)Cc4cc(C(C)(C)c5ccc(O)c(CN(CCNCCn6c(O)cc(B(P)I)c6O)CCNCCn6c(O)cc(P([B])I)c6O)c5)ccc4O)c3)ccc2O)c1O. The van der Waals surface area contributed by atoms with E-state index in [0.717, 1.165) is 22.3 Å². The van der Waals surface area contributed by atoms with Crippen LogP contribution in [-0.4, -0.2) is 282 Å². The normalized spacial score (nSPS) is 12.9. The molecule has 702 valence electrons. The summed E-state index contributed by atoms with van der Waals surface area (Å²) in [5, 5.41) is 198. The van der Waals surface area contributed by atoms with Crippen LogP contribution in [0.4, 0.5) is 0 Å². The van der Waals surface area contributed by atoms with Crippen molar-refractivity contribution < 1.29 is 81.7 Å². The predicted molar refractivity (Wildman–Crippen MR) is 595 cm³/mol. The number of nitrogens with zero attached hydrogens (tertiary/aromatic N) is 10. The summed E-state index contributed by atoms with van der Waals surface area (Å²) in [4.78, 5) is 8.73. The molecule has 0 spiro atoms. The Labute approximate surface area is 859 Å². The van der Waals surface area contributed by atoms with E-state index in [0.29, 0.717) is 192 Å². The Balaban J connectivity index is 0.896. The maximum absolute atomic E-state index is 12.1. The molecule has 10 aromatic rings. The van der Waals surface area contributed by atoms with E-state index in [1.807, 2.05) is 115 Å². The van der Waals surface area contributed by atoms with Gasteiger partial charge in [-0.05, 0) is 89.0 Å². The van der Waals surface area contributed by atoms with Gasteiger partial charge in [0.25, 0.3) is 12.9 Å². The molecule has 0 aliphatic carbocycles. The summed E-state index contributed by atoms with van der Waals surface area (Å²) in [5.74, 6) is -0.538. The molecule has 0 amide bonds. The minimum atomic E-state index is -1.24. The van der Waals surface area contributed by atoms with Gasteiger partial charge in [-0.25, -0.2) is 0 Å². The highest BCUT2D eigenvalue weighted by Gasteiger charge is 2.32. The number of hydrogen-bond acceptors (Lipinski definition) is 25. The summed E-state index contributed by atoms with van der Waals surface area (Å²) in [6, 6.07) is 31.4. The van der Waals surface area contributed by atoms with Crippen LogP contribution in [-0.2, 0) is 76.3 Å². The van der Waals surface area contributed by atoms with Crippen LogP contribution in [0.25, 0.3) is 0 Å². The number of aromatic nitrogens is 6. The van der Waals surface area contributed by atoms with E-state index < -0.39 is 27.2 Å². The average Bonchev–Trinajstić information content (AvgIpc) is 1.67. The first-order valence-corrected chi connectivity index (χ1v) is 60.6. The molecule has 6 heterocycles. The Morgan fingerprint density at radius 3 is 0.718 bits per heavy atom. The molecule has 0 bridgehead atoms. The molecule has 6 radical (unpaired) electrons. The molecule has 49 heteroatoms. The second-order valence-corrected chi connectivity index (χ2v) is 55.8. The van der Waals surface area contributed by atoms with Crippen LogP contribution in [0.1, 0.15) is 72.2 Å². The van der Waals surface area contributed by atoms with Crippen LogP contribution in [0.15, 0.2) is 109 Å². The highest BCUT2D eigenvalue weighted by Crippen LogP contribution is 2.46. The van der Waals surface area contributed by atoms with E-state index >= 15 is 0 Å². The highest BCUT2D eigenvalue weighted by atomic mass is 127. The second kappa shape index (κ2) is 51.0. The molecular formula is C82H113B6I6N15O16P6. The van der Waals surface area contributed by atoms with E-state index in [4.69, 9.17) is 22.7 Å². The number of phenolic OH excluding ortho intramolecular Hbond substituents is 4. The first-order valence-electron chi connectivity index (χ1n) is 42.3. The third kappa shape index (κ3) is 29.3. The van der Waals surface area contributed by atoms with Gasteiger partial charge in [0.05, 0.1) is 0 Å². The third-order valence-electron chi connectivity index (χ3n) is 23.6. The molecule has 6 aromatic heterocycles. The highest BCUT2D eigenvalue weighted by molar-refractivity contribution is 14.2. The van der Waals surface area contributed by atoms with Gasteiger partial charge in [-0.2, -0.15) is 27.4 Å². The fourth-order valence-electron chi connectivity index (χ4n) is 15.6. The first-order chi connectivity index (χ1) is 62.1. The first kappa shape index (κ1) is 109. The van der Waals surface area contributed by atoms with Crippen molar-refractivity contribution in [2.75, 3.05) is 118 Å². The summed E-state index contributed by atoms with van der Waals surface area (Å²) in [7, 11) is 26.3. The number of halogens is 6. The Bertz CT molecular complexity index is 5320. The molecule has 0 fully saturated rings. The Morgan fingerprint density at radius 2 is 0.504 bits per heavy atom. The zero-order valence-corrected chi connectivity index (χ0v) is 92.2. The quantitative estimate of drug-likeness (QED) is 0.00740. The molecule has 0 aliphatic rings. The molecule has 0 saturated heterocycles. The maximum atomic E-state index is 12.1. The number of phenols is 4. The molecule has 0 aliphatic heterocycles. The van der Waals surface area contributed by atoms with Gasteiger partial charge in [0.1, 0.15) is 45.7 Å². The van der Waals surface area contributed by atoms with Crippen molar-refractivity contribution in [3.63, 3.8) is 0 Å². The molecule has 131 heavy (non-hydrogen) atoms. The molecule has 0 saturated carbocycles. The summed E-state index contributed by atoms with van der Waals surface area (Å²) in [5.41, 5.74) is 2.72. The number of nitrogens with one attached hydrogen (secondary N) is 5. The van der Waals surface area contributed by atoms with E-state index in [9.17, 15) is 81.7 Å². The van der Waals surface area contributed by atoms with Crippen molar-refractivity contribution in [1.82, 2.24) is 73.6 Å². The Kier molecular flexibility index (Phi) is 42.6. The lowest BCUT2D eigenvalue weighted by atomic mass is 9.77. The van der Waals surface area contributed by atoms with Crippen LogP contribution < -0.4 is 58.9 Å². The van der Waals surface area contributed by atoms with Crippen molar-refractivity contribution in [2.24, 2.45) is 0 Å². The minimum Gasteiger partial charge on any atom is -0.508 e. The zero-order chi connectivity index (χ0) is 95.6. The van der Waals surface area contributed by atoms with Crippen molar-refractivity contribution >= 4 is 245 Å². The molecule has 6 unspecified atom stereocenters. The number of aromatic hydroxyl groups is 16. The third-order valence-corrected chi connectivity index (χ3v) is 33.8. The number of hydrogen-bond donors (Lipinski definition) is 21. The van der Waals surface area contributed by atoms with Gasteiger partial charge < -0.3 is 108 Å². The second-order valence-electron chi connectivity index (χ2n) is 33.0. The largest absolute Gasteiger partial charge is 0.508 e. The van der Waals surface area contributed by atoms with Gasteiger partial charge >= 0.3 is 0 Å². The van der Waals surface area contributed by atoms with E-state index in [1.54, 1.807) is 42.5 Å². The monoisotopic (exact) mass is 2580 g/mol. The number of rotatable bonds is 54. The van der Waals surface area contributed by atoms with Crippen LogP contribution in [0, 0.1) is 0 Å². The smallest absolute Gasteiger partial charge is 0.278 e. The maximum Gasteiger partial charge on any atom is 0.278 e. The molecule has 6 atom stereocenters. The lowest BCUT2D eigenvalue weighted by Gasteiger charge is -2.31. The van der Waals surface area contributed by atoms with E-state index in [-0.39, 0.29) is 152 Å². The van der Waals surface area contributed by atoms with Crippen molar-refractivity contribution in [2.45, 2.75) is 104 Å². The van der Waals surface area contributed by atoms with Gasteiger partial charge in [0.15, 0.2) is 52.9 Å². The molecule has 4 aromatic carbocycles. The fraction of sp³-hybridized carbons (Fsp3) is 0.415. The van der Waals surface area contributed by atoms with Crippen LogP contribution in [0.3, 0.4) is 0 Å². The standard InChI is InChI=1S/C82H113B6I6N15O16P6/c1-81(2,55-5-9-62(110)51(37-55)47-100(23-13-95-18-28-104-69(114)41-59(75(104)120)86(89)126)25-15-97-20-30-106-72(117)44-66(78(106)123)129(83)92)57-7-11-64(112)53(39-57)49-102(27-17-99-22-32-108-74(119)46-68(80(108)125)131(85)94)33-34-103(35-36-109-71(116)43-61(77(109)122)88(91)128)50-54-40-58(8-12-65(54)113)82(3,4)56-6-10-63(111)52(38-56)48-101(24-14-96-19-29-105-70(115)42-60(76(105)121)87(90)127)26-16-98-21-31-107-73(118)45-67(79(107)124)130(84)93/h5-12,37-46,95-99,110-125H,13-36,47-50,126-128H2,1-4H3. The zero-order valence-electron chi connectivity index (χ0n) is 73.1. The van der Waals surface area contributed by atoms with Crippen LogP contribution in [0.5, 0.6) is 93.6 Å². The van der Waals surface area contributed by atoms with Crippen molar-refractivity contribution in [3.8, 4) is 93.6 Å². The minimum absolute atomic E-state index is 0.000764. The van der Waals surface area contributed by atoms with Gasteiger partial charge in [-0.1, -0.05) is 134 Å². The lowest BCUT2D eigenvalue weighted by molar-refractivity contribution is 0.183. The topological polar surface area (TPSA) is 426 Å². The van der Waals surface area contributed by atoms with E-state index in [1.165, 1.54) is 45.6 Å². The molecule has 10 rings (SSSR count). The Hall–Kier alpha value is -3.65. The van der Waals surface area contributed by atoms with Gasteiger partial charge in [-0.3, -0.25) is 47.0 Å². The fourth-order valence-corrected chi connectivity index (χ4v) is 22.6. The summed E-state index contributed by atoms with van der Waals surface area (Å²) >= 11 is 12.6. The average molecular weight is 2580 g/mol. The van der Waals surface area contributed by atoms with Crippen molar-refractivity contribution in [3.05, 3.63) is 154 Å². The van der Waals surface area contributed by atoms with Crippen LogP contribution in [0.2, 0.25) is 0 Å². The van der Waals surface area contributed by atoms with Crippen molar-refractivity contribution in [1.29, 1.82) is 0 Å². The summed E-state index contributed by atoms with van der Waals surface area (Å²) in [6.45, 7) is 19.0. The molecule has 21 N–H and O–H groups in total. The van der Waals surface area contributed by atoms with Gasteiger partial charge in [0, 0.05) is 267 Å². The lowest BCUT2D eigenvalue weighted by Crippen LogP contribution is -2.39. The summed E-state index contributed by atoms with van der Waals surface area (Å²) in [6.07, 6.45) is 0. The summed E-state index contributed by atoms with van der Waals surface area (Å²) < 4.78 is 8.19. The number of benzene rings is 4. The predicted octanol–water partition coefficient (Wildman–Crippen LogP) is 8.13. The van der Waals surface area contributed by atoms with Crippen LogP contribution >= 0.6 is 177 Å². The molecule has 31 nitrogen and oxygen atoms in total. The molecular weight excluding hydrogens is 2460 g/mol. The van der Waals surface area contributed by atoms with E-state index in [2.05, 4.69) is 168 Å². The van der Waals surface area contributed by atoms with Gasteiger partial charge in [-0.15, -0.1) is 67.1 Å².